The molecule has 2 aromatic rings. The molecular formula is C17H15N3OSe. The van der Waals surface area contributed by atoms with E-state index in [4.69, 9.17) is 0 Å². The fourth-order valence-electron chi connectivity index (χ4n) is 2.30. The maximum absolute atomic E-state index is 12.8. The molecule has 3 rings (SSSR count). The summed E-state index contributed by atoms with van der Waals surface area (Å²) in [6.07, 6.45) is 5.30. The van der Waals surface area contributed by atoms with Crippen LogP contribution in [0.4, 0.5) is 5.69 Å². The zero-order chi connectivity index (χ0) is 15.7. The molecule has 1 aliphatic rings. The number of benzene rings is 1. The van der Waals surface area contributed by atoms with E-state index in [2.05, 4.69) is 20.6 Å². The standard InChI is InChI=1S/C17H15N3OSe/c1-12-5-7-14(8-6-12)20-16(21)15(19(2)17(20)22)10-13-4-3-9-18-11-13/h3-11H,1-2H3/b15-10+. The number of amides is 1. The van der Waals surface area contributed by atoms with Crippen LogP contribution in [0.25, 0.3) is 6.08 Å². The molecule has 1 aromatic heterocycles. The summed E-state index contributed by atoms with van der Waals surface area (Å²) in [6.45, 7) is 2.03. The molecular weight excluding hydrogens is 341 g/mol. The molecule has 0 atom stereocenters. The van der Waals surface area contributed by atoms with Crippen molar-refractivity contribution in [1.82, 2.24) is 9.88 Å². The molecule has 1 aliphatic heterocycles. The molecule has 1 aromatic carbocycles. The molecule has 0 aliphatic carbocycles. The van der Waals surface area contributed by atoms with Gasteiger partial charge in [0.1, 0.15) is 0 Å². The number of anilines is 1. The SMILES string of the molecule is Cc1ccc(N2C(=O)/C(=C\c3cccnc3)N(C)C2=[Se])cc1. The number of aromatic nitrogens is 1. The Morgan fingerprint density at radius 3 is 2.55 bits per heavy atom. The van der Waals surface area contributed by atoms with E-state index in [1.165, 1.54) is 0 Å². The monoisotopic (exact) mass is 357 g/mol. The van der Waals surface area contributed by atoms with Gasteiger partial charge < -0.3 is 0 Å². The first kappa shape index (κ1) is 14.7. The topological polar surface area (TPSA) is 36.4 Å². The van der Waals surface area contributed by atoms with E-state index in [0.29, 0.717) is 5.70 Å². The molecule has 5 heteroatoms. The molecule has 22 heavy (non-hydrogen) atoms. The molecule has 1 fully saturated rings. The van der Waals surface area contributed by atoms with Gasteiger partial charge in [-0.3, -0.25) is 0 Å². The van der Waals surface area contributed by atoms with Crippen LogP contribution in [-0.2, 0) is 4.79 Å². The number of carbonyl (C=O) groups excluding carboxylic acids is 1. The molecule has 1 saturated heterocycles. The van der Waals surface area contributed by atoms with Crippen molar-refractivity contribution < 1.29 is 4.79 Å². The Bertz CT molecular complexity index is 753. The Balaban J connectivity index is 1.99. The van der Waals surface area contributed by atoms with Crippen LogP contribution in [-0.4, -0.2) is 43.1 Å². The number of pyridine rings is 1. The van der Waals surface area contributed by atoms with Gasteiger partial charge >= 0.3 is 137 Å². The van der Waals surface area contributed by atoms with Crippen molar-refractivity contribution in [2.24, 2.45) is 0 Å². The molecule has 1 amide bonds. The summed E-state index contributed by atoms with van der Waals surface area (Å²) in [6, 6.07) is 11.7. The Morgan fingerprint density at radius 2 is 1.91 bits per heavy atom. The van der Waals surface area contributed by atoms with Crippen LogP contribution in [0.15, 0.2) is 54.5 Å². The second kappa shape index (κ2) is 5.87. The van der Waals surface area contributed by atoms with Crippen LogP contribution in [0.2, 0.25) is 0 Å². The molecule has 4 nitrogen and oxygen atoms in total. The van der Waals surface area contributed by atoms with Crippen molar-refractivity contribution in [1.29, 1.82) is 0 Å². The van der Waals surface area contributed by atoms with E-state index in [1.807, 2.05) is 61.3 Å². The summed E-state index contributed by atoms with van der Waals surface area (Å²) in [5.74, 6) is -0.0519. The van der Waals surface area contributed by atoms with E-state index in [1.54, 1.807) is 17.3 Å². The maximum atomic E-state index is 12.8. The number of rotatable bonds is 2. The van der Waals surface area contributed by atoms with Gasteiger partial charge in [-0.15, -0.1) is 0 Å². The van der Waals surface area contributed by atoms with E-state index >= 15 is 0 Å². The summed E-state index contributed by atoms with van der Waals surface area (Å²) < 4.78 is 0.768. The summed E-state index contributed by atoms with van der Waals surface area (Å²) in [5.41, 5.74) is 3.53. The Morgan fingerprint density at radius 1 is 1.18 bits per heavy atom. The summed E-state index contributed by atoms with van der Waals surface area (Å²) in [5, 5.41) is 0. The van der Waals surface area contributed by atoms with Crippen LogP contribution in [0, 0.1) is 6.92 Å². The molecule has 110 valence electrons. The molecule has 0 bridgehead atoms. The third kappa shape index (κ3) is 2.61. The summed E-state index contributed by atoms with van der Waals surface area (Å²) >= 11 is 2.99. The number of aryl methyl sites for hydroxylation is 1. The van der Waals surface area contributed by atoms with Crippen LogP contribution in [0.3, 0.4) is 0 Å². The van der Waals surface area contributed by atoms with Crippen LogP contribution >= 0.6 is 0 Å². The van der Waals surface area contributed by atoms with Gasteiger partial charge in [0.05, 0.1) is 0 Å². The minimum atomic E-state index is -0.0519. The van der Waals surface area contributed by atoms with Crippen molar-refractivity contribution in [3.8, 4) is 0 Å². The quantitative estimate of drug-likeness (QED) is 0.610. The zero-order valence-electron chi connectivity index (χ0n) is 12.4. The second-order valence-electron chi connectivity index (χ2n) is 5.13. The van der Waals surface area contributed by atoms with E-state index in [9.17, 15) is 4.79 Å². The first-order valence-electron chi connectivity index (χ1n) is 6.88. The Hall–Kier alpha value is -2.23. The van der Waals surface area contributed by atoms with Crippen LogP contribution in [0.1, 0.15) is 11.1 Å². The number of carbonyl (C=O) groups is 1. The van der Waals surface area contributed by atoms with E-state index < -0.39 is 0 Å². The Kier molecular flexibility index (Phi) is 3.92. The van der Waals surface area contributed by atoms with Gasteiger partial charge in [-0.2, -0.15) is 0 Å². The molecule has 0 radical (unpaired) electrons. The van der Waals surface area contributed by atoms with Crippen LogP contribution in [0.5, 0.6) is 0 Å². The van der Waals surface area contributed by atoms with Gasteiger partial charge in [0.25, 0.3) is 0 Å². The van der Waals surface area contributed by atoms with Gasteiger partial charge in [-0.05, 0) is 0 Å². The van der Waals surface area contributed by atoms with Crippen molar-refractivity contribution in [2.45, 2.75) is 6.92 Å². The van der Waals surface area contributed by atoms with Gasteiger partial charge in [0.15, 0.2) is 0 Å². The van der Waals surface area contributed by atoms with Gasteiger partial charge in [0, 0.05) is 0 Å². The molecule has 0 N–H and O–H groups in total. The fraction of sp³-hybridized carbons (Fsp3) is 0.118. The zero-order valence-corrected chi connectivity index (χ0v) is 14.1. The molecule has 0 spiro atoms. The number of likely N-dealkylation sites (N-methyl/N-ethyl adjacent to an activating group) is 1. The van der Waals surface area contributed by atoms with Gasteiger partial charge in [-0.25, -0.2) is 0 Å². The van der Waals surface area contributed by atoms with Crippen molar-refractivity contribution >= 4 is 37.9 Å². The van der Waals surface area contributed by atoms with Crippen molar-refractivity contribution in [3.63, 3.8) is 0 Å². The molecule has 0 saturated carbocycles. The normalized spacial score (nSPS) is 16.7. The van der Waals surface area contributed by atoms with Gasteiger partial charge in [-0.1, -0.05) is 0 Å². The first-order chi connectivity index (χ1) is 10.6. The van der Waals surface area contributed by atoms with E-state index in [0.717, 1.165) is 21.5 Å². The molecule has 2 heterocycles. The Labute approximate surface area is 137 Å². The predicted octanol–water partition coefficient (Wildman–Crippen LogP) is 1.97. The average Bonchev–Trinajstić information content (AvgIpc) is 2.73. The minimum absolute atomic E-state index is 0.0519. The van der Waals surface area contributed by atoms with Crippen molar-refractivity contribution in [3.05, 3.63) is 65.6 Å². The van der Waals surface area contributed by atoms with Crippen molar-refractivity contribution in [2.75, 3.05) is 11.9 Å². The fourth-order valence-corrected chi connectivity index (χ4v) is 2.90. The van der Waals surface area contributed by atoms with Crippen LogP contribution < -0.4 is 4.90 Å². The number of hydrogen-bond acceptors (Lipinski definition) is 3. The first-order valence-corrected chi connectivity index (χ1v) is 7.74. The second-order valence-corrected chi connectivity index (χ2v) is 5.90. The summed E-state index contributed by atoms with van der Waals surface area (Å²) in [4.78, 5) is 20.4. The van der Waals surface area contributed by atoms with E-state index in [-0.39, 0.29) is 5.91 Å². The third-order valence-corrected chi connectivity index (χ3v) is 4.50. The number of nitrogens with zero attached hydrogens (tertiary/aromatic N) is 3. The third-order valence-electron chi connectivity index (χ3n) is 3.54. The van der Waals surface area contributed by atoms with Gasteiger partial charge in [0.2, 0.25) is 0 Å². The summed E-state index contributed by atoms with van der Waals surface area (Å²) in [7, 11) is 1.88. The average molecular weight is 356 g/mol. The number of hydrogen-bond donors (Lipinski definition) is 0. The predicted molar refractivity (Wildman–Crippen MR) is 89.4 cm³/mol. The molecule has 0 unspecified atom stereocenters.